The molecule has 0 saturated carbocycles. The number of fused-ring (bicyclic) bond motifs is 1. The number of rotatable bonds is 8. The fourth-order valence-electron chi connectivity index (χ4n) is 3.30. The summed E-state index contributed by atoms with van der Waals surface area (Å²) in [6.45, 7) is 2.89. The molecule has 1 amide bonds. The first-order chi connectivity index (χ1) is 15.9. The molecule has 8 nitrogen and oxygen atoms in total. The maximum Gasteiger partial charge on any atom is 0.270 e. The fourth-order valence-corrected chi connectivity index (χ4v) is 3.55. The summed E-state index contributed by atoms with van der Waals surface area (Å²) in [5, 5.41) is 6.11. The van der Waals surface area contributed by atoms with Gasteiger partial charge in [0, 0.05) is 49.2 Å². The lowest BCUT2D eigenvalue weighted by atomic mass is 10.2. The van der Waals surface area contributed by atoms with E-state index in [-0.39, 0.29) is 11.6 Å². The Labute approximate surface area is 200 Å². The standard InChI is InChI=1S/C24H24BrN5O3/c1-15-12-16(4-6-19(15)25)28-24-29-20-13-17(5-7-22(20)30(24)2)33-18-8-9-26-21(14-18)23(31)27-10-11-32-3/h4-9,12-14H,10-11H2,1-3H3,(H,27,31)(H,28,29). The molecule has 2 aromatic carbocycles. The molecule has 0 radical (unpaired) electrons. The molecule has 0 bridgehead atoms. The van der Waals surface area contributed by atoms with Crippen LogP contribution in [0.2, 0.25) is 0 Å². The number of aryl methyl sites for hydroxylation is 2. The number of aromatic nitrogens is 3. The van der Waals surface area contributed by atoms with E-state index in [9.17, 15) is 4.79 Å². The Kier molecular flexibility index (Phi) is 6.90. The van der Waals surface area contributed by atoms with E-state index >= 15 is 0 Å². The first-order valence-corrected chi connectivity index (χ1v) is 11.1. The normalized spacial score (nSPS) is 10.9. The molecule has 170 valence electrons. The van der Waals surface area contributed by atoms with Crippen molar-refractivity contribution in [3.63, 3.8) is 0 Å². The summed E-state index contributed by atoms with van der Waals surface area (Å²) in [5.74, 6) is 1.57. The van der Waals surface area contributed by atoms with E-state index in [0.717, 1.165) is 32.7 Å². The van der Waals surface area contributed by atoms with Gasteiger partial charge in [-0.25, -0.2) is 4.98 Å². The Morgan fingerprint density at radius 1 is 1.12 bits per heavy atom. The molecule has 0 aliphatic rings. The predicted octanol–water partition coefficient (Wildman–Crippen LogP) is 4.95. The van der Waals surface area contributed by atoms with Crippen LogP contribution in [0.4, 0.5) is 11.6 Å². The SMILES string of the molecule is COCCNC(=O)c1cc(Oc2ccc3c(c2)nc(Nc2ccc(Br)c(C)c2)n3C)ccn1. The van der Waals surface area contributed by atoms with Crippen molar-refractivity contribution in [2.75, 3.05) is 25.6 Å². The number of halogens is 1. The molecule has 0 atom stereocenters. The van der Waals surface area contributed by atoms with E-state index in [2.05, 4.69) is 37.6 Å². The van der Waals surface area contributed by atoms with Gasteiger partial charge < -0.3 is 24.7 Å². The molecule has 33 heavy (non-hydrogen) atoms. The smallest absolute Gasteiger partial charge is 0.270 e. The highest BCUT2D eigenvalue weighted by Crippen LogP contribution is 2.29. The summed E-state index contributed by atoms with van der Waals surface area (Å²) >= 11 is 3.53. The topological polar surface area (TPSA) is 90.3 Å². The molecular weight excluding hydrogens is 486 g/mol. The van der Waals surface area contributed by atoms with E-state index in [4.69, 9.17) is 14.5 Å². The number of ether oxygens (including phenoxy) is 2. The second-order valence-corrected chi connectivity index (χ2v) is 8.32. The van der Waals surface area contributed by atoms with E-state index in [1.165, 1.54) is 0 Å². The molecule has 0 saturated heterocycles. The number of pyridine rings is 1. The molecular formula is C24H24BrN5O3. The van der Waals surface area contributed by atoms with Crippen molar-refractivity contribution in [1.29, 1.82) is 0 Å². The minimum absolute atomic E-state index is 0.277. The molecule has 0 aliphatic heterocycles. The zero-order valence-electron chi connectivity index (χ0n) is 18.6. The lowest BCUT2D eigenvalue weighted by Crippen LogP contribution is -2.27. The number of nitrogens with zero attached hydrogens (tertiary/aromatic N) is 3. The summed E-state index contributed by atoms with van der Waals surface area (Å²) in [7, 11) is 3.54. The van der Waals surface area contributed by atoms with Crippen molar-refractivity contribution < 1.29 is 14.3 Å². The average molecular weight is 510 g/mol. The van der Waals surface area contributed by atoms with E-state index in [0.29, 0.717) is 24.7 Å². The third-order valence-corrected chi connectivity index (χ3v) is 5.95. The molecule has 2 N–H and O–H groups in total. The summed E-state index contributed by atoms with van der Waals surface area (Å²) in [6, 6.07) is 15.1. The van der Waals surface area contributed by atoms with Gasteiger partial charge in [0.15, 0.2) is 0 Å². The Balaban J connectivity index is 1.52. The number of nitrogens with one attached hydrogen (secondary N) is 2. The quantitative estimate of drug-likeness (QED) is 0.326. The van der Waals surface area contributed by atoms with Crippen LogP contribution in [0.5, 0.6) is 11.5 Å². The largest absolute Gasteiger partial charge is 0.457 e. The van der Waals surface area contributed by atoms with Gasteiger partial charge in [0.25, 0.3) is 5.91 Å². The number of amides is 1. The molecule has 4 rings (SSSR count). The first-order valence-electron chi connectivity index (χ1n) is 10.4. The van der Waals surface area contributed by atoms with Crippen molar-refractivity contribution in [3.05, 3.63) is 70.5 Å². The molecule has 2 heterocycles. The van der Waals surface area contributed by atoms with Crippen LogP contribution in [0.15, 0.2) is 59.2 Å². The minimum Gasteiger partial charge on any atom is -0.457 e. The van der Waals surface area contributed by atoms with Gasteiger partial charge in [-0.1, -0.05) is 15.9 Å². The van der Waals surface area contributed by atoms with E-state index < -0.39 is 0 Å². The monoisotopic (exact) mass is 509 g/mol. The third-order valence-electron chi connectivity index (χ3n) is 5.06. The lowest BCUT2D eigenvalue weighted by molar-refractivity contribution is 0.0932. The Morgan fingerprint density at radius 2 is 1.94 bits per heavy atom. The molecule has 4 aromatic rings. The van der Waals surface area contributed by atoms with Crippen LogP contribution in [-0.2, 0) is 11.8 Å². The number of carbonyl (C=O) groups is 1. The van der Waals surface area contributed by atoms with Gasteiger partial charge in [0.1, 0.15) is 17.2 Å². The fraction of sp³-hybridized carbons (Fsp3) is 0.208. The van der Waals surface area contributed by atoms with Gasteiger partial charge in [-0.2, -0.15) is 0 Å². The summed E-state index contributed by atoms with van der Waals surface area (Å²) in [6.07, 6.45) is 1.54. The second kappa shape index (κ2) is 10.0. The number of methoxy groups -OCH3 is 1. The van der Waals surface area contributed by atoms with Gasteiger partial charge in [-0.3, -0.25) is 9.78 Å². The number of hydrogen-bond acceptors (Lipinski definition) is 6. The molecule has 0 spiro atoms. The summed E-state index contributed by atoms with van der Waals surface area (Å²) < 4.78 is 14.0. The second-order valence-electron chi connectivity index (χ2n) is 7.46. The van der Waals surface area contributed by atoms with Crippen molar-refractivity contribution >= 4 is 44.5 Å². The van der Waals surface area contributed by atoms with Crippen LogP contribution >= 0.6 is 15.9 Å². The highest BCUT2D eigenvalue weighted by atomic mass is 79.9. The van der Waals surface area contributed by atoms with Crippen molar-refractivity contribution in [1.82, 2.24) is 19.9 Å². The van der Waals surface area contributed by atoms with Crippen LogP contribution in [0.25, 0.3) is 11.0 Å². The zero-order chi connectivity index (χ0) is 23.4. The molecule has 0 unspecified atom stereocenters. The van der Waals surface area contributed by atoms with Crippen LogP contribution < -0.4 is 15.4 Å². The number of hydrogen-bond donors (Lipinski definition) is 2. The summed E-state index contributed by atoms with van der Waals surface area (Å²) in [4.78, 5) is 21.1. The Bertz CT molecular complexity index is 1300. The Hall–Kier alpha value is -3.43. The maximum atomic E-state index is 12.2. The minimum atomic E-state index is -0.281. The number of carbonyl (C=O) groups excluding carboxylic acids is 1. The van der Waals surface area contributed by atoms with Crippen molar-refractivity contribution in [2.45, 2.75) is 6.92 Å². The van der Waals surface area contributed by atoms with Crippen molar-refractivity contribution in [3.8, 4) is 11.5 Å². The highest BCUT2D eigenvalue weighted by Gasteiger charge is 2.12. The number of benzene rings is 2. The van der Waals surface area contributed by atoms with Gasteiger partial charge in [-0.05, 0) is 48.9 Å². The Morgan fingerprint density at radius 3 is 2.73 bits per heavy atom. The first kappa shape index (κ1) is 22.8. The molecule has 2 aromatic heterocycles. The van der Waals surface area contributed by atoms with Gasteiger partial charge in [0.2, 0.25) is 5.95 Å². The molecule has 0 aliphatic carbocycles. The third kappa shape index (κ3) is 5.32. The van der Waals surface area contributed by atoms with Gasteiger partial charge in [-0.15, -0.1) is 0 Å². The lowest BCUT2D eigenvalue weighted by Gasteiger charge is -2.08. The van der Waals surface area contributed by atoms with Crippen LogP contribution in [0.3, 0.4) is 0 Å². The molecule has 0 fully saturated rings. The number of anilines is 2. The maximum absolute atomic E-state index is 12.2. The average Bonchev–Trinajstić information content (AvgIpc) is 3.11. The predicted molar refractivity (Wildman–Crippen MR) is 131 cm³/mol. The van der Waals surface area contributed by atoms with Crippen molar-refractivity contribution in [2.24, 2.45) is 7.05 Å². The van der Waals surface area contributed by atoms with Gasteiger partial charge >= 0.3 is 0 Å². The zero-order valence-corrected chi connectivity index (χ0v) is 20.1. The van der Waals surface area contributed by atoms with Gasteiger partial charge in [0.05, 0.1) is 17.6 Å². The van der Waals surface area contributed by atoms with E-state index in [1.807, 2.05) is 48.9 Å². The number of imidazole rings is 1. The van der Waals surface area contributed by atoms with Crippen LogP contribution in [0, 0.1) is 6.92 Å². The van der Waals surface area contributed by atoms with E-state index in [1.54, 1.807) is 25.4 Å². The summed E-state index contributed by atoms with van der Waals surface area (Å²) in [5.41, 5.74) is 4.13. The van der Waals surface area contributed by atoms with Crippen LogP contribution in [-0.4, -0.2) is 40.7 Å². The van der Waals surface area contributed by atoms with Crippen LogP contribution in [0.1, 0.15) is 16.1 Å². The highest BCUT2D eigenvalue weighted by molar-refractivity contribution is 9.10. The molecule has 9 heteroatoms.